The molecule has 1 aromatic carbocycles. The molecule has 1 aromatic rings. The van der Waals surface area contributed by atoms with Crippen LogP contribution in [0.4, 0.5) is 8.78 Å². The summed E-state index contributed by atoms with van der Waals surface area (Å²) < 4.78 is 27.2. The minimum absolute atomic E-state index is 0.0198. The number of imide groups is 1. The molecule has 3 amide bonds. The average molecular weight is 404 g/mol. The first-order valence-electron chi connectivity index (χ1n) is 9.87. The van der Waals surface area contributed by atoms with E-state index >= 15 is 0 Å². The van der Waals surface area contributed by atoms with E-state index in [1.165, 1.54) is 4.90 Å². The Kier molecular flexibility index (Phi) is 3.89. The maximum atomic E-state index is 13.6. The summed E-state index contributed by atoms with van der Waals surface area (Å²) in [4.78, 5) is 37.9. The molecule has 1 saturated heterocycles. The quantitative estimate of drug-likeness (QED) is 0.640. The summed E-state index contributed by atoms with van der Waals surface area (Å²) in [5.41, 5.74) is 6.81. The predicted molar refractivity (Wildman–Crippen MR) is 97.7 cm³/mol. The molecule has 9 heteroatoms. The van der Waals surface area contributed by atoms with Crippen LogP contribution in [-0.2, 0) is 22.7 Å². The van der Waals surface area contributed by atoms with Crippen molar-refractivity contribution in [3.8, 4) is 0 Å². The summed E-state index contributed by atoms with van der Waals surface area (Å²) >= 11 is 0. The average Bonchev–Trinajstić information content (AvgIpc) is 2.91. The standard InChI is InChI=1S/C20H22F2N4O3/c21-20(22)18(23)19(20)6-11(7-19)24-8-10-2-1-3-12-13(10)9-26(17(12)29)14-4-5-15(27)25-16(14)28/h1-3,11,14,18,24H,4-9,23H2,(H,25,27,28). The number of halogens is 2. The molecular formula is C20H22F2N4O3. The van der Waals surface area contributed by atoms with Crippen molar-refractivity contribution in [3.63, 3.8) is 0 Å². The van der Waals surface area contributed by atoms with E-state index in [1.807, 2.05) is 6.07 Å². The number of carbonyl (C=O) groups excluding carboxylic acids is 3. The van der Waals surface area contributed by atoms with Crippen molar-refractivity contribution in [1.29, 1.82) is 0 Å². The van der Waals surface area contributed by atoms with Crippen LogP contribution in [0.5, 0.6) is 0 Å². The van der Waals surface area contributed by atoms with Gasteiger partial charge in [0.05, 0.1) is 11.5 Å². The highest BCUT2D eigenvalue weighted by atomic mass is 19.3. The largest absolute Gasteiger partial charge is 0.322 e. The van der Waals surface area contributed by atoms with Crippen LogP contribution in [-0.4, -0.2) is 46.7 Å². The first-order chi connectivity index (χ1) is 13.7. The molecule has 3 fully saturated rings. The lowest BCUT2D eigenvalue weighted by Gasteiger charge is -2.37. The minimum Gasteiger partial charge on any atom is -0.322 e. The zero-order valence-corrected chi connectivity index (χ0v) is 15.7. The summed E-state index contributed by atoms with van der Waals surface area (Å²) in [6.45, 7) is 0.761. The molecule has 0 bridgehead atoms. The molecular weight excluding hydrogens is 382 g/mol. The Labute approximate surface area is 166 Å². The van der Waals surface area contributed by atoms with Gasteiger partial charge in [0.2, 0.25) is 11.8 Å². The van der Waals surface area contributed by atoms with Crippen LogP contribution in [0.25, 0.3) is 0 Å². The molecule has 2 heterocycles. The highest BCUT2D eigenvalue weighted by molar-refractivity contribution is 6.05. The summed E-state index contributed by atoms with van der Waals surface area (Å²) in [5.74, 6) is -3.74. The third-order valence-electron chi connectivity index (χ3n) is 7.05. The number of benzene rings is 1. The van der Waals surface area contributed by atoms with Crippen LogP contribution >= 0.6 is 0 Å². The van der Waals surface area contributed by atoms with E-state index in [2.05, 4.69) is 10.6 Å². The van der Waals surface area contributed by atoms with Crippen molar-refractivity contribution < 1.29 is 23.2 Å². The fourth-order valence-corrected chi connectivity index (χ4v) is 5.10. The number of nitrogens with one attached hydrogen (secondary N) is 2. The molecule has 2 aliphatic heterocycles. The Morgan fingerprint density at radius 3 is 2.62 bits per heavy atom. The zero-order valence-electron chi connectivity index (χ0n) is 15.7. The van der Waals surface area contributed by atoms with Gasteiger partial charge < -0.3 is 16.0 Å². The van der Waals surface area contributed by atoms with Crippen LogP contribution in [0.15, 0.2) is 18.2 Å². The molecule has 29 heavy (non-hydrogen) atoms. The molecule has 0 aromatic heterocycles. The van der Waals surface area contributed by atoms with Gasteiger partial charge in [-0.05, 0) is 36.5 Å². The number of alkyl halides is 2. The Morgan fingerprint density at radius 1 is 1.24 bits per heavy atom. The summed E-state index contributed by atoms with van der Waals surface area (Å²) in [5, 5.41) is 5.59. The van der Waals surface area contributed by atoms with Crippen LogP contribution in [0, 0.1) is 5.41 Å². The topological polar surface area (TPSA) is 105 Å². The third-order valence-corrected chi connectivity index (χ3v) is 7.05. The van der Waals surface area contributed by atoms with Gasteiger partial charge in [-0.2, -0.15) is 0 Å². The van der Waals surface area contributed by atoms with Crippen molar-refractivity contribution in [2.45, 2.75) is 62.8 Å². The van der Waals surface area contributed by atoms with Crippen molar-refractivity contribution in [2.24, 2.45) is 11.1 Å². The van der Waals surface area contributed by atoms with Crippen LogP contribution < -0.4 is 16.4 Å². The first kappa shape index (κ1) is 18.6. The Morgan fingerprint density at radius 2 is 1.97 bits per heavy atom. The fraction of sp³-hybridized carbons (Fsp3) is 0.550. The highest BCUT2D eigenvalue weighted by Crippen LogP contribution is 2.69. The van der Waals surface area contributed by atoms with E-state index < -0.39 is 29.3 Å². The van der Waals surface area contributed by atoms with Gasteiger partial charge in [-0.15, -0.1) is 0 Å². The number of hydrogen-bond acceptors (Lipinski definition) is 5. The molecule has 2 atom stereocenters. The normalized spacial score (nSPS) is 34.8. The van der Waals surface area contributed by atoms with Crippen LogP contribution in [0.2, 0.25) is 0 Å². The molecule has 4 N–H and O–H groups in total. The fourth-order valence-electron chi connectivity index (χ4n) is 5.10. The number of rotatable bonds is 4. The van der Waals surface area contributed by atoms with Crippen molar-refractivity contribution in [1.82, 2.24) is 15.5 Å². The number of amides is 3. The van der Waals surface area contributed by atoms with Crippen molar-refractivity contribution in [3.05, 3.63) is 34.9 Å². The monoisotopic (exact) mass is 404 g/mol. The lowest BCUT2D eigenvalue weighted by atomic mass is 9.75. The zero-order chi connectivity index (χ0) is 20.6. The van der Waals surface area contributed by atoms with E-state index in [9.17, 15) is 23.2 Å². The summed E-state index contributed by atoms with van der Waals surface area (Å²) in [7, 11) is 0. The van der Waals surface area contributed by atoms with Gasteiger partial charge in [-0.25, -0.2) is 8.78 Å². The van der Waals surface area contributed by atoms with Gasteiger partial charge in [0.1, 0.15) is 6.04 Å². The van der Waals surface area contributed by atoms with Gasteiger partial charge >= 0.3 is 0 Å². The second-order valence-electron chi connectivity index (χ2n) is 8.59. The van der Waals surface area contributed by atoms with E-state index in [0.717, 1.165) is 11.1 Å². The number of piperidine rings is 1. The van der Waals surface area contributed by atoms with Crippen LogP contribution in [0.1, 0.15) is 47.2 Å². The molecule has 7 nitrogen and oxygen atoms in total. The molecule has 2 saturated carbocycles. The van der Waals surface area contributed by atoms with Gasteiger partial charge in [0.15, 0.2) is 0 Å². The summed E-state index contributed by atoms with van der Waals surface area (Å²) in [6, 6.07) is 3.71. The number of nitrogens with two attached hydrogens (primary N) is 1. The second kappa shape index (κ2) is 6.06. The maximum absolute atomic E-state index is 13.6. The smallest absolute Gasteiger partial charge is 0.270 e. The predicted octanol–water partition coefficient (Wildman–Crippen LogP) is 0.662. The maximum Gasteiger partial charge on any atom is 0.270 e. The molecule has 5 rings (SSSR count). The van der Waals surface area contributed by atoms with Crippen molar-refractivity contribution in [2.75, 3.05) is 0 Å². The Bertz CT molecular complexity index is 928. The SMILES string of the molecule is NC1C(F)(F)C12CC(NCc1cccc3c1CN(C1CCC(=O)NC1=O)C3=O)C2. The number of fused-ring (bicyclic) bond motifs is 1. The second-order valence-corrected chi connectivity index (χ2v) is 8.59. The van der Waals surface area contributed by atoms with Crippen molar-refractivity contribution >= 4 is 17.7 Å². The molecule has 0 radical (unpaired) electrons. The van der Waals surface area contributed by atoms with Crippen LogP contribution in [0.3, 0.4) is 0 Å². The molecule has 2 aliphatic carbocycles. The highest BCUT2D eigenvalue weighted by Gasteiger charge is 2.82. The van der Waals surface area contributed by atoms with E-state index in [1.54, 1.807) is 12.1 Å². The molecule has 1 spiro atoms. The lowest BCUT2D eigenvalue weighted by Crippen LogP contribution is -2.52. The van der Waals surface area contributed by atoms with E-state index in [4.69, 9.17) is 5.73 Å². The van der Waals surface area contributed by atoms with Gasteiger partial charge in [-0.1, -0.05) is 12.1 Å². The van der Waals surface area contributed by atoms with Gasteiger partial charge in [0, 0.05) is 31.1 Å². The lowest BCUT2D eigenvalue weighted by molar-refractivity contribution is -0.136. The van der Waals surface area contributed by atoms with Gasteiger partial charge in [-0.3, -0.25) is 19.7 Å². The molecule has 2 unspecified atom stereocenters. The summed E-state index contributed by atoms with van der Waals surface area (Å²) in [6.07, 6.45) is 1.24. The molecule has 4 aliphatic rings. The Balaban J connectivity index is 1.26. The van der Waals surface area contributed by atoms with E-state index in [-0.39, 0.29) is 24.3 Å². The minimum atomic E-state index is -2.76. The third kappa shape index (κ3) is 2.56. The number of nitrogens with zero attached hydrogens (tertiary/aromatic N) is 1. The first-order valence-corrected chi connectivity index (χ1v) is 9.87. The van der Waals surface area contributed by atoms with E-state index in [0.29, 0.717) is 37.9 Å². The molecule has 154 valence electrons. The Hall–Kier alpha value is -2.39. The van der Waals surface area contributed by atoms with Gasteiger partial charge in [0.25, 0.3) is 11.8 Å². The number of hydrogen-bond donors (Lipinski definition) is 3. The number of carbonyl (C=O) groups is 3.